The third kappa shape index (κ3) is 6.18. The van der Waals surface area contributed by atoms with Gasteiger partial charge in [0.05, 0.1) is 21.5 Å². The van der Waals surface area contributed by atoms with E-state index in [4.69, 9.17) is 11.6 Å². The van der Waals surface area contributed by atoms with Crippen molar-refractivity contribution in [3.8, 4) is 0 Å². The van der Waals surface area contributed by atoms with E-state index in [0.29, 0.717) is 11.8 Å². The van der Waals surface area contributed by atoms with E-state index in [1.807, 2.05) is 0 Å². The normalized spacial score (nSPS) is 12.9. The number of benzene rings is 2. The maximum atomic E-state index is 12.9. The van der Waals surface area contributed by atoms with Gasteiger partial charge in [-0.15, -0.1) is 0 Å². The SMILES string of the molecule is CC(=O)Nc1ccc(S(=O)(=O)N[C@@H](C)C(=O)Nc2ccc(Cl)c(C(F)(F)F)c2)cc1. The lowest BCUT2D eigenvalue weighted by atomic mass is 10.2. The quantitative estimate of drug-likeness (QED) is 0.608. The molecule has 0 unspecified atom stereocenters. The zero-order valence-electron chi connectivity index (χ0n) is 15.7. The monoisotopic (exact) mass is 463 g/mol. The summed E-state index contributed by atoms with van der Waals surface area (Å²) in [6.45, 7) is 2.53. The molecule has 2 rings (SSSR count). The Balaban J connectivity index is 2.10. The molecule has 0 bridgehead atoms. The van der Waals surface area contributed by atoms with Gasteiger partial charge in [-0.25, -0.2) is 8.42 Å². The Morgan fingerprint density at radius 3 is 2.10 bits per heavy atom. The minimum Gasteiger partial charge on any atom is -0.326 e. The Bertz CT molecular complexity index is 1060. The first kappa shape index (κ1) is 23.6. The van der Waals surface area contributed by atoms with Crippen molar-refractivity contribution in [1.29, 1.82) is 0 Å². The first-order valence-electron chi connectivity index (χ1n) is 8.37. The zero-order valence-corrected chi connectivity index (χ0v) is 17.2. The van der Waals surface area contributed by atoms with Gasteiger partial charge < -0.3 is 10.6 Å². The minimum atomic E-state index is -4.71. The van der Waals surface area contributed by atoms with Gasteiger partial charge in [-0.3, -0.25) is 9.59 Å². The second kappa shape index (κ2) is 9.02. The molecule has 2 aromatic rings. The molecule has 0 aliphatic rings. The Kier molecular flexibility index (Phi) is 7.11. The summed E-state index contributed by atoms with van der Waals surface area (Å²) >= 11 is 5.53. The smallest absolute Gasteiger partial charge is 0.326 e. The van der Waals surface area contributed by atoms with Gasteiger partial charge in [0.2, 0.25) is 21.8 Å². The summed E-state index contributed by atoms with van der Waals surface area (Å²) < 4.78 is 65.7. The van der Waals surface area contributed by atoms with E-state index >= 15 is 0 Å². The van der Waals surface area contributed by atoms with Gasteiger partial charge in [0.15, 0.2) is 0 Å². The van der Waals surface area contributed by atoms with Crippen LogP contribution in [-0.2, 0) is 25.8 Å². The van der Waals surface area contributed by atoms with Crippen LogP contribution in [0.1, 0.15) is 19.4 Å². The topological polar surface area (TPSA) is 104 Å². The number of anilines is 2. The van der Waals surface area contributed by atoms with Gasteiger partial charge in [-0.1, -0.05) is 11.6 Å². The molecule has 0 spiro atoms. The molecule has 0 saturated carbocycles. The van der Waals surface area contributed by atoms with Crippen LogP contribution in [0.5, 0.6) is 0 Å². The highest BCUT2D eigenvalue weighted by Crippen LogP contribution is 2.36. The van der Waals surface area contributed by atoms with Crippen molar-refractivity contribution in [1.82, 2.24) is 4.72 Å². The molecule has 0 aromatic heterocycles. The molecular weight excluding hydrogens is 447 g/mol. The number of hydrogen-bond acceptors (Lipinski definition) is 4. The lowest BCUT2D eigenvalue weighted by Gasteiger charge is -2.16. The Morgan fingerprint density at radius 1 is 1.00 bits per heavy atom. The molecule has 0 aliphatic carbocycles. The number of alkyl halides is 3. The summed E-state index contributed by atoms with van der Waals surface area (Å²) in [5.41, 5.74) is -0.938. The van der Waals surface area contributed by atoms with E-state index in [1.54, 1.807) is 0 Å². The molecule has 2 aromatic carbocycles. The summed E-state index contributed by atoms with van der Waals surface area (Å²) in [6, 6.07) is 6.70. The lowest BCUT2D eigenvalue weighted by Crippen LogP contribution is -2.41. The van der Waals surface area contributed by atoms with Crippen LogP contribution in [-0.4, -0.2) is 26.3 Å². The molecule has 30 heavy (non-hydrogen) atoms. The molecule has 0 aliphatic heterocycles. The van der Waals surface area contributed by atoms with Gasteiger partial charge in [0.25, 0.3) is 0 Å². The van der Waals surface area contributed by atoms with E-state index in [9.17, 15) is 31.2 Å². The van der Waals surface area contributed by atoms with Crippen LogP contribution in [0.4, 0.5) is 24.5 Å². The van der Waals surface area contributed by atoms with Gasteiger partial charge >= 0.3 is 6.18 Å². The molecule has 3 N–H and O–H groups in total. The minimum absolute atomic E-state index is 0.165. The molecule has 12 heteroatoms. The molecule has 0 saturated heterocycles. The van der Waals surface area contributed by atoms with Gasteiger partial charge in [-0.2, -0.15) is 17.9 Å². The Labute approximate surface area is 175 Å². The highest BCUT2D eigenvalue weighted by atomic mass is 35.5. The van der Waals surface area contributed by atoms with Crippen LogP contribution < -0.4 is 15.4 Å². The molecular formula is C18H17ClF3N3O4S. The van der Waals surface area contributed by atoms with Crippen molar-refractivity contribution < 1.29 is 31.2 Å². The molecule has 7 nitrogen and oxygen atoms in total. The number of amides is 2. The van der Waals surface area contributed by atoms with Gasteiger partial charge in [-0.05, 0) is 49.4 Å². The Morgan fingerprint density at radius 2 is 1.57 bits per heavy atom. The van der Waals surface area contributed by atoms with Crippen molar-refractivity contribution in [3.05, 3.63) is 53.1 Å². The van der Waals surface area contributed by atoms with Crippen molar-refractivity contribution in [3.63, 3.8) is 0 Å². The fourth-order valence-corrected chi connectivity index (χ4v) is 3.77. The van der Waals surface area contributed by atoms with Crippen molar-refractivity contribution >= 4 is 44.8 Å². The van der Waals surface area contributed by atoms with Crippen molar-refractivity contribution in [2.45, 2.75) is 31.0 Å². The van der Waals surface area contributed by atoms with Crippen molar-refractivity contribution in [2.24, 2.45) is 0 Å². The Hall–Kier alpha value is -2.63. The molecule has 1 atom stereocenters. The number of carbonyl (C=O) groups is 2. The molecule has 0 radical (unpaired) electrons. The largest absolute Gasteiger partial charge is 0.417 e. The second-order valence-corrected chi connectivity index (χ2v) is 8.35. The predicted octanol–water partition coefficient (Wildman–Crippen LogP) is 3.62. The van der Waals surface area contributed by atoms with E-state index in [2.05, 4.69) is 15.4 Å². The number of halogens is 4. The van der Waals surface area contributed by atoms with Gasteiger partial charge in [0.1, 0.15) is 0 Å². The van der Waals surface area contributed by atoms with E-state index in [1.165, 1.54) is 38.1 Å². The average molecular weight is 464 g/mol. The van der Waals surface area contributed by atoms with Crippen LogP contribution in [0.25, 0.3) is 0 Å². The number of nitrogens with one attached hydrogen (secondary N) is 3. The van der Waals surface area contributed by atoms with Crippen LogP contribution in [0.3, 0.4) is 0 Å². The average Bonchev–Trinajstić information content (AvgIpc) is 2.62. The maximum Gasteiger partial charge on any atom is 0.417 e. The van der Waals surface area contributed by atoms with Crippen LogP contribution in [0, 0.1) is 0 Å². The summed E-state index contributed by atoms with van der Waals surface area (Å²) in [5, 5.41) is 4.16. The number of rotatable bonds is 6. The first-order chi connectivity index (χ1) is 13.8. The van der Waals surface area contributed by atoms with Crippen molar-refractivity contribution in [2.75, 3.05) is 10.6 Å². The highest BCUT2D eigenvalue weighted by Gasteiger charge is 2.33. The summed E-state index contributed by atoms with van der Waals surface area (Å²) in [4.78, 5) is 23.1. The van der Waals surface area contributed by atoms with Crippen LogP contribution in [0.2, 0.25) is 5.02 Å². The molecule has 2 amide bonds. The van der Waals surface area contributed by atoms with Crippen LogP contribution in [0.15, 0.2) is 47.4 Å². The van der Waals surface area contributed by atoms with Crippen LogP contribution >= 0.6 is 11.6 Å². The summed E-state index contributed by atoms with van der Waals surface area (Å²) in [5.74, 6) is -1.20. The lowest BCUT2D eigenvalue weighted by molar-refractivity contribution is -0.137. The fraction of sp³-hybridized carbons (Fsp3) is 0.222. The molecule has 162 valence electrons. The third-order valence-electron chi connectivity index (χ3n) is 3.75. The van der Waals surface area contributed by atoms with E-state index in [0.717, 1.165) is 12.1 Å². The zero-order chi connectivity index (χ0) is 22.7. The predicted molar refractivity (Wildman–Crippen MR) is 106 cm³/mol. The fourth-order valence-electron chi connectivity index (χ4n) is 2.35. The first-order valence-corrected chi connectivity index (χ1v) is 10.2. The highest BCUT2D eigenvalue weighted by molar-refractivity contribution is 7.89. The maximum absolute atomic E-state index is 12.9. The summed E-state index contributed by atoms with van der Waals surface area (Å²) in [7, 11) is -4.10. The van der Waals surface area contributed by atoms with E-state index in [-0.39, 0.29) is 16.5 Å². The number of sulfonamides is 1. The second-order valence-electron chi connectivity index (χ2n) is 6.23. The van der Waals surface area contributed by atoms with Gasteiger partial charge in [0, 0.05) is 18.3 Å². The number of hydrogen-bond donors (Lipinski definition) is 3. The summed E-state index contributed by atoms with van der Waals surface area (Å²) in [6.07, 6.45) is -4.71. The third-order valence-corrected chi connectivity index (χ3v) is 5.64. The standard InChI is InChI=1S/C18H17ClF3N3O4S/c1-10(17(27)24-13-5-8-16(19)15(9-13)18(20,21)22)25-30(28,29)14-6-3-12(4-7-14)23-11(2)26/h3-10,25H,1-2H3,(H,23,26)(H,24,27)/t10-/m0/s1. The molecule has 0 fully saturated rings. The number of carbonyl (C=O) groups excluding carboxylic acids is 2. The van der Waals surface area contributed by atoms with E-state index < -0.39 is 38.7 Å². The molecule has 0 heterocycles.